The minimum Gasteiger partial charge on any atom is -0.354 e. The molecule has 6 heteroatoms. The monoisotopic (exact) mass is 338 g/mol. The Morgan fingerprint density at radius 3 is 2.54 bits per heavy atom. The summed E-state index contributed by atoms with van der Waals surface area (Å²) in [4.78, 5) is 25.1. The minimum absolute atomic E-state index is 0.0533. The molecule has 0 saturated carbocycles. The summed E-state index contributed by atoms with van der Waals surface area (Å²) in [6.07, 6.45) is 2.67. The average Bonchev–Trinajstić information content (AvgIpc) is 3.27. The van der Waals surface area contributed by atoms with Crippen LogP contribution in [0, 0.1) is 0 Å². The van der Waals surface area contributed by atoms with Gasteiger partial charge in [0.25, 0.3) is 0 Å². The highest BCUT2D eigenvalue weighted by atomic mass is 32.1. The van der Waals surface area contributed by atoms with Crippen LogP contribution in [0.1, 0.15) is 17.7 Å². The highest BCUT2D eigenvalue weighted by Crippen LogP contribution is 2.28. The molecule has 1 aliphatic heterocycles. The van der Waals surface area contributed by atoms with Crippen LogP contribution in [-0.2, 0) is 11.2 Å². The van der Waals surface area contributed by atoms with E-state index in [4.69, 9.17) is 4.98 Å². The molecule has 1 amide bonds. The number of hydrogen-bond donors (Lipinski definition) is 1. The van der Waals surface area contributed by atoms with Crippen LogP contribution >= 0.6 is 11.3 Å². The molecule has 1 aliphatic rings. The molecule has 2 aromatic heterocycles. The summed E-state index contributed by atoms with van der Waals surface area (Å²) in [7, 11) is 0. The van der Waals surface area contributed by atoms with Gasteiger partial charge >= 0.3 is 0 Å². The Morgan fingerprint density at radius 1 is 1.08 bits per heavy atom. The third kappa shape index (κ3) is 3.10. The molecular formula is C18H18N4OS. The number of nitrogens with zero attached hydrogens (tertiary/aromatic N) is 3. The van der Waals surface area contributed by atoms with Crippen LogP contribution in [0.25, 0.3) is 11.0 Å². The number of rotatable bonds is 4. The van der Waals surface area contributed by atoms with Gasteiger partial charge in [0.05, 0.1) is 17.5 Å². The molecule has 0 bridgehead atoms. The molecule has 0 aliphatic carbocycles. The summed E-state index contributed by atoms with van der Waals surface area (Å²) < 4.78 is 0. The lowest BCUT2D eigenvalue weighted by molar-refractivity contribution is -0.115. The number of hydrogen-bond acceptors (Lipinski definition) is 5. The van der Waals surface area contributed by atoms with Crippen molar-refractivity contribution in [2.24, 2.45) is 0 Å². The second-order valence-electron chi connectivity index (χ2n) is 5.88. The number of nitrogens with one attached hydrogen (secondary N) is 1. The SMILES string of the molecule is O=C(Cc1cccs1)Nc1nc2ccccc2nc1N1CCCC1. The molecule has 3 aromatic rings. The van der Waals surface area contributed by atoms with E-state index in [1.807, 2.05) is 41.8 Å². The fourth-order valence-corrected chi connectivity index (χ4v) is 3.68. The smallest absolute Gasteiger partial charge is 0.230 e. The van der Waals surface area contributed by atoms with E-state index in [1.54, 1.807) is 11.3 Å². The number of carbonyl (C=O) groups is 1. The lowest BCUT2D eigenvalue weighted by atomic mass is 10.3. The van der Waals surface area contributed by atoms with Crippen molar-refractivity contribution in [3.8, 4) is 0 Å². The van der Waals surface area contributed by atoms with Gasteiger partial charge in [-0.15, -0.1) is 11.3 Å². The summed E-state index contributed by atoms with van der Waals surface area (Å²) in [5.41, 5.74) is 1.66. The van der Waals surface area contributed by atoms with Gasteiger partial charge in [0.1, 0.15) is 0 Å². The van der Waals surface area contributed by atoms with Gasteiger partial charge in [-0.25, -0.2) is 9.97 Å². The summed E-state index contributed by atoms with van der Waals surface area (Å²) >= 11 is 1.59. The minimum atomic E-state index is -0.0533. The highest BCUT2D eigenvalue weighted by Gasteiger charge is 2.20. The number of thiophene rings is 1. The molecule has 5 nitrogen and oxygen atoms in total. The van der Waals surface area contributed by atoms with Crippen molar-refractivity contribution in [3.05, 3.63) is 46.7 Å². The summed E-state index contributed by atoms with van der Waals surface area (Å²) in [5.74, 6) is 1.30. The molecule has 0 spiro atoms. The first-order valence-electron chi connectivity index (χ1n) is 8.13. The van der Waals surface area contributed by atoms with Crippen molar-refractivity contribution in [1.29, 1.82) is 0 Å². The Hall–Kier alpha value is -2.47. The summed E-state index contributed by atoms with van der Waals surface area (Å²) in [5, 5.41) is 4.95. The van der Waals surface area contributed by atoms with Gasteiger partial charge in [-0.05, 0) is 36.4 Å². The van der Waals surface area contributed by atoms with Crippen molar-refractivity contribution in [3.63, 3.8) is 0 Å². The normalized spacial score (nSPS) is 14.2. The number of benzene rings is 1. The van der Waals surface area contributed by atoms with E-state index in [0.717, 1.165) is 47.7 Å². The fraction of sp³-hybridized carbons (Fsp3) is 0.278. The molecule has 4 rings (SSSR count). The van der Waals surface area contributed by atoms with Crippen LogP contribution in [0.3, 0.4) is 0 Å². The number of anilines is 2. The molecule has 1 fully saturated rings. The predicted molar refractivity (Wildman–Crippen MR) is 97.6 cm³/mol. The molecule has 1 N–H and O–H groups in total. The fourth-order valence-electron chi connectivity index (χ4n) is 2.97. The van der Waals surface area contributed by atoms with Crippen molar-refractivity contribution >= 4 is 39.9 Å². The Bertz CT molecular complexity index is 857. The van der Waals surface area contributed by atoms with Crippen LogP contribution in [0.5, 0.6) is 0 Å². The van der Waals surface area contributed by atoms with E-state index >= 15 is 0 Å². The van der Waals surface area contributed by atoms with E-state index in [1.165, 1.54) is 0 Å². The average molecular weight is 338 g/mol. The van der Waals surface area contributed by atoms with Crippen LogP contribution in [0.2, 0.25) is 0 Å². The van der Waals surface area contributed by atoms with Crippen molar-refractivity contribution in [2.75, 3.05) is 23.3 Å². The predicted octanol–water partition coefficient (Wildman–Crippen LogP) is 3.47. The van der Waals surface area contributed by atoms with Crippen molar-refractivity contribution < 1.29 is 4.79 Å². The Labute approximate surface area is 144 Å². The van der Waals surface area contributed by atoms with Gasteiger partial charge in [0.2, 0.25) is 5.91 Å². The van der Waals surface area contributed by atoms with Crippen molar-refractivity contribution in [2.45, 2.75) is 19.3 Å². The van der Waals surface area contributed by atoms with Crippen LogP contribution in [0.15, 0.2) is 41.8 Å². The lowest BCUT2D eigenvalue weighted by Crippen LogP contribution is -2.23. The first kappa shape index (κ1) is 15.1. The van der Waals surface area contributed by atoms with E-state index in [2.05, 4.69) is 15.2 Å². The Morgan fingerprint density at radius 2 is 1.83 bits per heavy atom. The van der Waals surface area contributed by atoms with E-state index in [0.29, 0.717) is 12.2 Å². The van der Waals surface area contributed by atoms with Crippen LogP contribution < -0.4 is 10.2 Å². The molecule has 24 heavy (non-hydrogen) atoms. The highest BCUT2D eigenvalue weighted by molar-refractivity contribution is 7.10. The van der Waals surface area contributed by atoms with E-state index < -0.39 is 0 Å². The second-order valence-corrected chi connectivity index (χ2v) is 6.92. The van der Waals surface area contributed by atoms with E-state index in [9.17, 15) is 4.79 Å². The van der Waals surface area contributed by atoms with Gasteiger partial charge in [-0.3, -0.25) is 4.79 Å². The maximum atomic E-state index is 12.4. The zero-order valence-corrected chi connectivity index (χ0v) is 14.1. The number of carbonyl (C=O) groups excluding carboxylic acids is 1. The van der Waals surface area contributed by atoms with Gasteiger partial charge < -0.3 is 10.2 Å². The molecule has 1 aromatic carbocycles. The number of aromatic nitrogens is 2. The maximum Gasteiger partial charge on any atom is 0.230 e. The topological polar surface area (TPSA) is 58.1 Å². The van der Waals surface area contributed by atoms with Gasteiger partial charge in [-0.1, -0.05) is 18.2 Å². The quantitative estimate of drug-likeness (QED) is 0.791. The maximum absolute atomic E-state index is 12.4. The molecule has 3 heterocycles. The third-order valence-electron chi connectivity index (χ3n) is 4.13. The molecule has 0 atom stereocenters. The van der Waals surface area contributed by atoms with E-state index in [-0.39, 0.29) is 5.91 Å². The molecule has 0 unspecified atom stereocenters. The first-order valence-corrected chi connectivity index (χ1v) is 9.01. The standard InChI is InChI=1S/C18H18N4OS/c23-16(12-13-6-5-11-24-13)21-17-18(22-9-3-4-10-22)20-15-8-2-1-7-14(15)19-17/h1-2,5-8,11H,3-4,9-10,12H2,(H,19,21,23). The summed E-state index contributed by atoms with van der Waals surface area (Å²) in [6, 6.07) is 11.7. The van der Waals surface area contributed by atoms with Crippen LogP contribution in [0.4, 0.5) is 11.6 Å². The summed E-state index contributed by atoms with van der Waals surface area (Å²) in [6.45, 7) is 1.92. The second kappa shape index (κ2) is 6.57. The number of fused-ring (bicyclic) bond motifs is 1. The number of para-hydroxylation sites is 2. The lowest BCUT2D eigenvalue weighted by Gasteiger charge is -2.20. The van der Waals surface area contributed by atoms with Gasteiger partial charge in [0.15, 0.2) is 11.6 Å². The Balaban J connectivity index is 1.66. The van der Waals surface area contributed by atoms with Gasteiger partial charge in [0, 0.05) is 18.0 Å². The zero-order valence-electron chi connectivity index (χ0n) is 13.2. The van der Waals surface area contributed by atoms with Crippen LogP contribution in [-0.4, -0.2) is 29.0 Å². The zero-order chi connectivity index (χ0) is 16.4. The molecule has 0 radical (unpaired) electrons. The van der Waals surface area contributed by atoms with Gasteiger partial charge in [-0.2, -0.15) is 0 Å². The number of amides is 1. The largest absolute Gasteiger partial charge is 0.354 e. The first-order chi connectivity index (χ1) is 11.8. The molecular weight excluding hydrogens is 320 g/mol. The third-order valence-corrected chi connectivity index (χ3v) is 5.01. The van der Waals surface area contributed by atoms with Crippen molar-refractivity contribution in [1.82, 2.24) is 9.97 Å². The Kier molecular flexibility index (Phi) is 4.13. The molecule has 122 valence electrons. The molecule has 1 saturated heterocycles.